The van der Waals surface area contributed by atoms with Gasteiger partial charge in [-0.15, -0.1) is 0 Å². The molecule has 9 heteroatoms. The Bertz CT molecular complexity index is 1290. The fourth-order valence-electron chi connectivity index (χ4n) is 3.75. The number of nitro groups is 1. The molecule has 1 saturated heterocycles. The summed E-state index contributed by atoms with van der Waals surface area (Å²) in [6, 6.07) is 15.5. The molecule has 4 rings (SSSR count). The van der Waals surface area contributed by atoms with Gasteiger partial charge < -0.3 is 14.6 Å². The quantitative estimate of drug-likeness (QED) is 0.271. The van der Waals surface area contributed by atoms with Gasteiger partial charge in [-0.25, -0.2) is 0 Å². The second kappa shape index (κ2) is 8.27. The number of hydrogen-bond donors (Lipinski definition) is 1. The predicted molar refractivity (Wildman–Crippen MR) is 126 cm³/mol. The van der Waals surface area contributed by atoms with Gasteiger partial charge in [-0.3, -0.25) is 19.8 Å². The molecule has 8 nitrogen and oxygen atoms in total. The second-order valence-corrected chi connectivity index (χ2v) is 7.66. The number of carbonyl (C=O) groups is 1. The zero-order valence-corrected chi connectivity index (χ0v) is 18.5. The first-order valence-corrected chi connectivity index (χ1v) is 10.2. The number of hydrogen-bond acceptors (Lipinski definition) is 5. The minimum absolute atomic E-state index is 0.0156. The lowest BCUT2D eigenvalue weighted by Gasteiger charge is -2.14. The summed E-state index contributed by atoms with van der Waals surface area (Å²) in [5.74, 6) is 0.347. The van der Waals surface area contributed by atoms with Gasteiger partial charge in [0, 0.05) is 29.6 Å². The molecule has 0 aliphatic carbocycles. The van der Waals surface area contributed by atoms with E-state index in [4.69, 9.17) is 17.0 Å². The van der Waals surface area contributed by atoms with Crippen molar-refractivity contribution in [2.24, 2.45) is 0 Å². The summed E-state index contributed by atoms with van der Waals surface area (Å²) < 4.78 is 7.16. The average Bonchev–Trinajstić information content (AvgIpc) is 3.22. The number of amides is 1. The first-order valence-electron chi connectivity index (χ1n) is 9.75. The fourth-order valence-corrected chi connectivity index (χ4v) is 4.05. The lowest BCUT2D eigenvalue weighted by Crippen LogP contribution is -2.30. The zero-order chi connectivity index (χ0) is 23.0. The van der Waals surface area contributed by atoms with E-state index in [0.29, 0.717) is 22.8 Å². The third-order valence-corrected chi connectivity index (χ3v) is 5.54. The van der Waals surface area contributed by atoms with Gasteiger partial charge in [-0.2, -0.15) is 0 Å². The monoisotopic (exact) mass is 448 g/mol. The number of aryl methyl sites for hydroxylation is 1. The highest BCUT2D eigenvalue weighted by Crippen LogP contribution is 2.28. The minimum atomic E-state index is -0.421. The smallest absolute Gasteiger partial charge is 0.281 e. The first-order chi connectivity index (χ1) is 15.3. The summed E-state index contributed by atoms with van der Waals surface area (Å²) in [6.07, 6.45) is 1.74. The molecule has 1 aliphatic rings. The highest BCUT2D eigenvalue weighted by Gasteiger charge is 2.32. The van der Waals surface area contributed by atoms with Crippen LogP contribution in [-0.4, -0.2) is 27.6 Å². The van der Waals surface area contributed by atoms with Crippen LogP contribution in [0.4, 0.5) is 11.4 Å². The van der Waals surface area contributed by atoms with Crippen LogP contribution in [0, 0.1) is 24.0 Å². The van der Waals surface area contributed by atoms with Crippen molar-refractivity contribution in [3.63, 3.8) is 0 Å². The van der Waals surface area contributed by atoms with Crippen LogP contribution in [0.2, 0.25) is 0 Å². The number of nitrogens with zero attached hydrogens (tertiary/aromatic N) is 3. The third-order valence-electron chi connectivity index (χ3n) is 5.26. The van der Waals surface area contributed by atoms with Crippen molar-refractivity contribution in [3.05, 3.63) is 87.4 Å². The van der Waals surface area contributed by atoms with Crippen LogP contribution in [-0.2, 0) is 4.79 Å². The standard InChI is InChI=1S/C23H20N4O4S/c1-14-10-16(15(2)25(14)17-6-4-8-19(12-17)27(29)30)11-21-22(28)26(23(32)24-21)18-7-5-9-20(13-18)31-3/h4-13H,1-3H3,(H,24,32)/b21-11-. The summed E-state index contributed by atoms with van der Waals surface area (Å²) in [5, 5.41) is 14.4. The molecule has 32 heavy (non-hydrogen) atoms. The van der Waals surface area contributed by atoms with E-state index in [1.165, 1.54) is 17.0 Å². The van der Waals surface area contributed by atoms with Crippen molar-refractivity contribution >= 4 is 40.7 Å². The van der Waals surface area contributed by atoms with Crippen molar-refractivity contribution in [2.45, 2.75) is 13.8 Å². The molecule has 1 fully saturated rings. The van der Waals surface area contributed by atoms with Crippen molar-refractivity contribution < 1.29 is 14.5 Å². The van der Waals surface area contributed by atoms with Gasteiger partial charge in [0.2, 0.25) is 0 Å². The molecule has 1 aliphatic heterocycles. The van der Waals surface area contributed by atoms with E-state index >= 15 is 0 Å². The highest BCUT2D eigenvalue weighted by atomic mass is 32.1. The lowest BCUT2D eigenvalue weighted by molar-refractivity contribution is -0.384. The van der Waals surface area contributed by atoms with Crippen molar-refractivity contribution in [3.8, 4) is 11.4 Å². The number of aromatic nitrogens is 1. The van der Waals surface area contributed by atoms with Gasteiger partial charge in [0.15, 0.2) is 5.11 Å². The van der Waals surface area contributed by atoms with Gasteiger partial charge >= 0.3 is 0 Å². The van der Waals surface area contributed by atoms with E-state index in [1.54, 1.807) is 43.5 Å². The van der Waals surface area contributed by atoms with E-state index in [9.17, 15) is 14.9 Å². The van der Waals surface area contributed by atoms with Gasteiger partial charge in [0.1, 0.15) is 11.4 Å². The van der Waals surface area contributed by atoms with Crippen molar-refractivity contribution in [1.29, 1.82) is 0 Å². The molecule has 0 bridgehead atoms. The minimum Gasteiger partial charge on any atom is -0.497 e. The first kappa shape index (κ1) is 21.3. The molecule has 0 saturated carbocycles. The second-order valence-electron chi connectivity index (χ2n) is 7.27. The van der Waals surface area contributed by atoms with Crippen LogP contribution in [0.15, 0.2) is 60.3 Å². The maximum atomic E-state index is 13.1. The van der Waals surface area contributed by atoms with Gasteiger partial charge in [-0.05, 0) is 62.0 Å². The number of non-ortho nitro benzene ring substituents is 1. The topological polar surface area (TPSA) is 89.6 Å². The van der Waals surface area contributed by atoms with E-state index in [2.05, 4.69) is 5.32 Å². The average molecular weight is 449 g/mol. The molecule has 1 aromatic heterocycles. The van der Waals surface area contributed by atoms with Gasteiger partial charge in [-0.1, -0.05) is 12.1 Å². The van der Waals surface area contributed by atoms with Crippen LogP contribution < -0.4 is 15.0 Å². The Morgan fingerprint density at radius 1 is 1.09 bits per heavy atom. The number of carbonyl (C=O) groups excluding carboxylic acids is 1. The third kappa shape index (κ3) is 3.74. The van der Waals surface area contributed by atoms with E-state index in [0.717, 1.165) is 17.0 Å². The van der Waals surface area contributed by atoms with Crippen LogP contribution >= 0.6 is 12.2 Å². The van der Waals surface area contributed by atoms with Crippen LogP contribution in [0.5, 0.6) is 5.75 Å². The SMILES string of the molecule is COc1cccc(N2C(=O)/C(=C/c3cc(C)n(-c4cccc([N+](=O)[O-])c4)c3C)NC2=S)c1. The number of nitro benzene ring substituents is 1. The Labute approximate surface area is 189 Å². The molecule has 0 unspecified atom stereocenters. The number of rotatable bonds is 5. The lowest BCUT2D eigenvalue weighted by atomic mass is 10.2. The molecule has 0 radical (unpaired) electrons. The maximum Gasteiger partial charge on any atom is 0.281 e. The molecule has 0 spiro atoms. The molecule has 1 N–H and O–H groups in total. The number of benzene rings is 2. The summed E-state index contributed by atoms with van der Waals surface area (Å²) in [4.78, 5) is 25.3. The van der Waals surface area contributed by atoms with E-state index in [1.807, 2.05) is 30.5 Å². The maximum absolute atomic E-state index is 13.1. The molecule has 1 amide bonds. The Morgan fingerprint density at radius 2 is 1.81 bits per heavy atom. The highest BCUT2D eigenvalue weighted by molar-refractivity contribution is 7.80. The van der Waals surface area contributed by atoms with Crippen LogP contribution in [0.3, 0.4) is 0 Å². The number of ether oxygens (including phenoxy) is 1. The number of methoxy groups -OCH3 is 1. The Kier molecular flexibility index (Phi) is 5.50. The van der Waals surface area contributed by atoms with Crippen LogP contribution in [0.1, 0.15) is 17.0 Å². The summed E-state index contributed by atoms with van der Waals surface area (Å²) in [6.45, 7) is 3.81. The summed E-state index contributed by atoms with van der Waals surface area (Å²) in [5.41, 5.74) is 4.18. The molecule has 2 heterocycles. The summed E-state index contributed by atoms with van der Waals surface area (Å²) >= 11 is 5.39. The molecule has 162 valence electrons. The molecule has 0 atom stereocenters. The predicted octanol–water partition coefficient (Wildman–Crippen LogP) is 4.27. The van der Waals surface area contributed by atoms with E-state index < -0.39 is 4.92 Å². The zero-order valence-electron chi connectivity index (χ0n) is 17.7. The van der Waals surface area contributed by atoms with Gasteiger partial charge in [0.25, 0.3) is 11.6 Å². The molecular weight excluding hydrogens is 428 g/mol. The largest absolute Gasteiger partial charge is 0.497 e. The fraction of sp³-hybridized carbons (Fsp3) is 0.130. The Hall–Kier alpha value is -3.98. The Morgan fingerprint density at radius 3 is 2.53 bits per heavy atom. The normalized spacial score (nSPS) is 14.7. The van der Waals surface area contributed by atoms with Gasteiger partial charge in [0.05, 0.1) is 23.4 Å². The number of anilines is 1. The summed E-state index contributed by atoms with van der Waals surface area (Å²) in [7, 11) is 1.56. The van der Waals surface area contributed by atoms with Crippen molar-refractivity contribution in [2.75, 3.05) is 12.0 Å². The number of nitrogens with one attached hydrogen (secondary N) is 1. The molecule has 3 aromatic rings. The molecular formula is C23H20N4O4S. The Balaban J connectivity index is 1.70. The molecule has 2 aromatic carbocycles. The van der Waals surface area contributed by atoms with E-state index in [-0.39, 0.29) is 16.7 Å². The number of thiocarbonyl (C=S) groups is 1. The van der Waals surface area contributed by atoms with Crippen molar-refractivity contribution in [1.82, 2.24) is 9.88 Å². The van der Waals surface area contributed by atoms with Crippen LogP contribution in [0.25, 0.3) is 11.8 Å².